The summed E-state index contributed by atoms with van der Waals surface area (Å²) < 4.78 is 38.9. The van der Waals surface area contributed by atoms with Crippen LogP contribution in [-0.4, -0.2) is 25.9 Å². The Balaban J connectivity index is 2.41. The van der Waals surface area contributed by atoms with Crippen LogP contribution in [0, 0.1) is 10.1 Å². The van der Waals surface area contributed by atoms with Crippen LogP contribution in [0.2, 0.25) is 0 Å². The molecule has 25 heavy (non-hydrogen) atoms. The highest BCUT2D eigenvalue weighted by atomic mass is 19.4. The van der Waals surface area contributed by atoms with Crippen LogP contribution in [0.5, 0.6) is 0 Å². The highest BCUT2D eigenvalue weighted by Gasteiger charge is 2.35. The fourth-order valence-corrected chi connectivity index (χ4v) is 2.33. The van der Waals surface area contributed by atoms with Gasteiger partial charge in [-0.3, -0.25) is 14.8 Å². The molecule has 0 aliphatic rings. The number of alkyl halides is 3. The van der Waals surface area contributed by atoms with E-state index in [0.29, 0.717) is 0 Å². The Morgan fingerprint density at radius 3 is 2.60 bits per heavy atom. The van der Waals surface area contributed by atoms with Gasteiger partial charge in [0, 0.05) is 18.3 Å². The van der Waals surface area contributed by atoms with E-state index in [1.54, 1.807) is 0 Å². The van der Waals surface area contributed by atoms with Crippen LogP contribution in [0.25, 0.3) is 0 Å². The maximum atomic E-state index is 12.6. The molecule has 2 N–H and O–H groups in total. The van der Waals surface area contributed by atoms with Crippen LogP contribution in [0.3, 0.4) is 0 Å². The van der Waals surface area contributed by atoms with E-state index in [-0.39, 0.29) is 17.8 Å². The monoisotopic (exact) mass is 358 g/mol. The summed E-state index contributed by atoms with van der Waals surface area (Å²) in [5.74, 6) is 0. The molecule has 11 heteroatoms. The number of benzene rings is 1. The molecule has 1 heterocycles. The van der Waals surface area contributed by atoms with Crippen LogP contribution in [0.15, 0.2) is 36.5 Å². The number of amides is 1. The minimum absolute atomic E-state index is 0.216. The Kier molecular flexibility index (Phi) is 4.68. The maximum Gasteiger partial charge on any atom is 0.435 e. The number of carbonyl (C=O) groups is 1. The van der Waals surface area contributed by atoms with Gasteiger partial charge in [0.15, 0.2) is 5.69 Å². The molecular formula is C14H13F3N4O4. The van der Waals surface area contributed by atoms with Crippen LogP contribution < -0.4 is 5.32 Å². The van der Waals surface area contributed by atoms with Gasteiger partial charge >= 0.3 is 12.3 Å². The molecular weight excluding hydrogens is 345 g/mol. The normalized spacial score (nSPS) is 13.9. The second kappa shape index (κ2) is 6.42. The number of nitrogens with one attached hydrogen (secondary N) is 1. The van der Waals surface area contributed by atoms with E-state index >= 15 is 0 Å². The Morgan fingerprint density at radius 1 is 1.40 bits per heavy atom. The molecule has 1 unspecified atom stereocenters. The molecule has 0 aliphatic heterocycles. The third-order valence-electron chi connectivity index (χ3n) is 3.49. The van der Waals surface area contributed by atoms with Gasteiger partial charge in [0.2, 0.25) is 0 Å². The standard InChI is InChI=1S/C14H13F3N4O4/c1-13(18-12(22)23,9-3-2-4-10(7-9)21(24)25)8-20-6-5-11(19-20)14(15,16)17/h2-7,18H,8H2,1H3,(H,22,23). The molecule has 1 amide bonds. The van der Waals surface area contributed by atoms with Crippen molar-refractivity contribution in [3.8, 4) is 0 Å². The zero-order valence-electron chi connectivity index (χ0n) is 12.8. The Hall–Kier alpha value is -3.11. The van der Waals surface area contributed by atoms with Crippen LogP contribution in [0.1, 0.15) is 18.2 Å². The van der Waals surface area contributed by atoms with E-state index in [9.17, 15) is 28.1 Å². The lowest BCUT2D eigenvalue weighted by atomic mass is 9.91. The van der Waals surface area contributed by atoms with E-state index in [4.69, 9.17) is 5.11 Å². The number of nitro benzene ring substituents is 1. The fourth-order valence-electron chi connectivity index (χ4n) is 2.33. The summed E-state index contributed by atoms with van der Waals surface area (Å²) in [6.45, 7) is 1.10. The van der Waals surface area contributed by atoms with Crippen molar-refractivity contribution in [3.63, 3.8) is 0 Å². The minimum atomic E-state index is -4.63. The SMILES string of the molecule is CC(Cn1ccc(C(F)(F)F)n1)(NC(=O)O)c1cccc([N+](=O)[O-])c1. The zero-order valence-corrected chi connectivity index (χ0v) is 12.8. The number of hydrogen-bond acceptors (Lipinski definition) is 4. The van der Waals surface area contributed by atoms with Crippen LogP contribution in [-0.2, 0) is 18.3 Å². The van der Waals surface area contributed by atoms with Gasteiger partial charge in [0.1, 0.15) is 0 Å². The van der Waals surface area contributed by atoms with E-state index < -0.39 is 28.4 Å². The first-order chi connectivity index (χ1) is 11.5. The second-order valence-corrected chi connectivity index (χ2v) is 5.47. The quantitative estimate of drug-likeness (QED) is 0.631. The molecule has 1 aromatic heterocycles. The summed E-state index contributed by atoms with van der Waals surface area (Å²) in [5, 5.41) is 25.5. The van der Waals surface area contributed by atoms with Gasteiger partial charge in [-0.05, 0) is 18.6 Å². The van der Waals surface area contributed by atoms with Crippen molar-refractivity contribution in [1.82, 2.24) is 15.1 Å². The Bertz CT molecular complexity index is 805. The van der Waals surface area contributed by atoms with Crippen LogP contribution >= 0.6 is 0 Å². The fraction of sp³-hybridized carbons (Fsp3) is 0.286. The first-order valence-electron chi connectivity index (χ1n) is 6.88. The topological polar surface area (TPSA) is 110 Å². The zero-order chi connectivity index (χ0) is 18.8. The first kappa shape index (κ1) is 18.2. The van der Waals surface area contributed by atoms with Gasteiger partial charge in [-0.25, -0.2) is 4.79 Å². The van der Waals surface area contributed by atoms with Crippen molar-refractivity contribution in [1.29, 1.82) is 0 Å². The van der Waals surface area contributed by atoms with E-state index in [0.717, 1.165) is 23.0 Å². The predicted molar refractivity (Wildman–Crippen MR) is 78.8 cm³/mol. The minimum Gasteiger partial charge on any atom is -0.465 e. The highest BCUT2D eigenvalue weighted by molar-refractivity contribution is 5.66. The van der Waals surface area contributed by atoms with Gasteiger partial charge in [0.05, 0.1) is 17.0 Å². The molecule has 0 radical (unpaired) electrons. The smallest absolute Gasteiger partial charge is 0.435 e. The molecule has 8 nitrogen and oxygen atoms in total. The van der Waals surface area contributed by atoms with Gasteiger partial charge in [-0.1, -0.05) is 12.1 Å². The first-order valence-corrected chi connectivity index (χ1v) is 6.88. The molecule has 0 aliphatic carbocycles. The number of hydrogen-bond donors (Lipinski definition) is 2. The lowest BCUT2D eigenvalue weighted by molar-refractivity contribution is -0.385. The summed E-state index contributed by atoms with van der Waals surface area (Å²) in [5.41, 5.74) is -2.61. The molecule has 134 valence electrons. The van der Waals surface area contributed by atoms with Crippen molar-refractivity contribution in [3.05, 3.63) is 57.9 Å². The molecule has 1 aromatic carbocycles. The molecule has 0 saturated heterocycles. The van der Waals surface area contributed by atoms with Crippen molar-refractivity contribution in [2.45, 2.75) is 25.2 Å². The highest BCUT2D eigenvalue weighted by Crippen LogP contribution is 2.29. The third-order valence-corrected chi connectivity index (χ3v) is 3.49. The van der Waals surface area contributed by atoms with Crippen LogP contribution in [0.4, 0.5) is 23.7 Å². The van der Waals surface area contributed by atoms with E-state index in [1.807, 2.05) is 0 Å². The molecule has 1 atom stereocenters. The number of nitrogens with zero attached hydrogens (tertiary/aromatic N) is 3. The lowest BCUT2D eigenvalue weighted by Crippen LogP contribution is -2.46. The number of rotatable bonds is 5. The summed E-state index contributed by atoms with van der Waals surface area (Å²) in [6.07, 6.45) is -5.01. The van der Waals surface area contributed by atoms with Gasteiger partial charge in [-0.2, -0.15) is 18.3 Å². The second-order valence-electron chi connectivity index (χ2n) is 5.47. The molecule has 0 fully saturated rings. The van der Waals surface area contributed by atoms with Crippen molar-refractivity contribution in [2.75, 3.05) is 0 Å². The van der Waals surface area contributed by atoms with Gasteiger partial charge < -0.3 is 10.4 Å². The van der Waals surface area contributed by atoms with Crippen molar-refractivity contribution < 1.29 is 28.0 Å². The summed E-state index contributed by atoms with van der Waals surface area (Å²) >= 11 is 0. The number of aromatic nitrogens is 2. The van der Waals surface area contributed by atoms with Crippen molar-refractivity contribution in [2.24, 2.45) is 0 Å². The van der Waals surface area contributed by atoms with Gasteiger partial charge in [-0.15, -0.1) is 0 Å². The summed E-state index contributed by atoms with van der Waals surface area (Å²) in [6, 6.07) is 5.94. The molecule has 2 aromatic rings. The summed E-state index contributed by atoms with van der Waals surface area (Å²) in [7, 11) is 0. The molecule has 0 bridgehead atoms. The Morgan fingerprint density at radius 2 is 2.08 bits per heavy atom. The molecule has 2 rings (SSSR count). The van der Waals surface area contributed by atoms with E-state index in [1.165, 1.54) is 25.1 Å². The van der Waals surface area contributed by atoms with E-state index in [2.05, 4.69) is 10.4 Å². The van der Waals surface area contributed by atoms with Crippen molar-refractivity contribution >= 4 is 11.8 Å². The largest absolute Gasteiger partial charge is 0.465 e. The maximum absolute atomic E-state index is 12.6. The number of non-ortho nitro benzene ring substituents is 1. The number of halogens is 3. The summed E-state index contributed by atoms with van der Waals surface area (Å²) in [4.78, 5) is 21.4. The molecule has 0 spiro atoms. The van der Waals surface area contributed by atoms with Gasteiger partial charge in [0.25, 0.3) is 5.69 Å². The predicted octanol–water partition coefficient (Wildman–Crippen LogP) is 2.99. The number of carboxylic acid groups (broad SMARTS) is 1. The lowest BCUT2D eigenvalue weighted by Gasteiger charge is -2.30. The average Bonchev–Trinajstić information content (AvgIpc) is 2.95. The average molecular weight is 358 g/mol. The third kappa shape index (κ3) is 4.25. The Labute approximate surface area is 139 Å². The molecule has 0 saturated carbocycles. The number of nitro groups is 1.